The summed E-state index contributed by atoms with van der Waals surface area (Å²) in [5.74, 6) is -0.746. The molecule has 0 radical (unpaired) electrons. The summed E-state index contributed by atoms with van der Waals surface area (Å²) in [4.78, 5) is 18.3. The number of aryl methyl sites for hydroxylation is 2. The quantitative estimate of drug-likeness (QED) is 0.438. The number of rotatable bonds is 6. The number of pyridine rings is 1. The SMILES string of the molecule is Nc1cc2c(nc1N1C[C@H](CCCB(O)O)[C@](N)(C(=O)O)C1)CCC2. The lowest BCUT2D eigenvalue weighted by atomic mass is 9.78. The first-order valence-electron chi connectivity index (χ1n) is 8.73. The van der Waals surface area contributed by atoms with Gasteiger partial charge in [0.25, 0.3) is 0 Å². The third kappa shape index (κ3) is 3.44. The van der Waals surface area contributed by atoms with E-state index in [1.807, 2.05) is 11.0 Å². The number of hydrogen-bond acceptors (Lipinski definition) is 7. The van der Waals surface area contributed by atoms with E-state index in [2.05, 4.69) is 4.98 Å². The van der Waals surface area contributed by atoms with Gasteiger partial charge in [0.15, 0.2) is 5.82 Å². The average Bonchev–Trinajstić information content (AvgIpc) is 3.11. The molecule has 1 aliphatic heterocycles. The monoisotopic (exact) mass is 348 g/mol. The van der Waals surface area contributed by atoms with Crippen molar-refractivity contribution >= 4 is 24.6 Å². The highest BCUT2D eigenvalue weighted by Gasteiger charge is 2.50. The van der Waals surface area contributed by atoms with Gasteiger partial charge in [-0.3, -0.25) is 4.79 Å². The maximum Gasteiger partial charge on any atom is 0.451 e. The van der Waals surface area contributed by atoms with Gasteiger partial charge >= 0.3 is 13.1 Å². The second kappa shape index (κ2) is 6.82. The second-order valence-electron chi connectivity index (χ2n) is 7.20. The third-order valence-corrected chi connectivity index (χ3v) is 5.39. The Balaban J connectivity index is 1.81. The largest absolute Gasteiger partial charge is 0.480 e. The third-order valence-electron chi connectivity index (χ3n) is 5.39. The van der Waals surface area contributed by atoms with Crippen LogP contribution >= 0.6 is 0 Å². The molecule has 0 spiro atoms. The summed E-state index contributed by atoms with van der Waals surface area (Å²) in [5.41, 5.74) is 13.8. The molecule has 3 rings (SSSR count). The van der Waals surface area contributed by atoms with E-state index in [1.165, 1.54) is 5.56 Å². The smallest absolute Gasteiger partial charge is 0.451 e. The molecule has 0 unspecified atom stereocenters. The Hall–Kier alpha value is -1.84. The molecular formula is C16H25BN4O4. The number of aromatic nitrogens is 1. The molecule has 25 heavy (non-hydrogen) atoms. The number of nitrogens with zero attached hydrogens (tertiary/aromatic N) is 2. The van der Waals surface area contributed by atoms with Gasteiger partial charge in [0, 0.05) is 24.7 Å². The number of nitrogens with two attached hydrogens (primary N) is 2. The van der Waals surface area contributed by atoms with Crippen LogP contribution < -0.4 is 16.4 Å². The van der Waals surface area contributed by atoms with Crippen LogP contribution in [0.3, 0.4) is 0 Å². The minimum atomic E-state index is -1.40. The number of hydrogen-bond donors (Lipinski definition) is 5. The minimum absolute atomic E-state index is 0.144. The summed E-state index contributed by atoms with van der Waals surface area (Å²) in [5, 5.41) is 27.6. The number of carboxylic acids is 1. The van der Waals surface area contributed by atoms with Crippen LogP contribution in [0.4, 0.5) is 11.5 Å². The Morgan fingerprint density at radius 1 is 1.44 bits per heavy atom. The predicted octanol–water partition coefficient (Wildman–Crippen LogP) is -0.376. The van der Waals surface area contributed by atoms with Crippen molar-refractivity contribution in [1.82, 2.24) is 4.98 Å². The lowest BCUT2D eigenvalue weighted by Gasteiger charge is -2.25. The van der Waals surface area contributed by atoms with Crippen LogP contribution in [0.25, 0.3) is 0 Å². The number of anilines is 2. The van der Waals surface area contributed by atoms with Crippen molar-refractivity contribution in [2.75, 3.05) is 23.7 Å². The van der Waals surface area contributed by atoms with Crippen LogP contribution in [-0.2, 0) is 17.6 Å². The van der Waals surface area contributed by atoms with Gasteiger partial charge < -0.3 is 31.5 Å². The van der Waals surface area contributed by atoms with Crippen molar-refractivity contribution in [3.63, 3.8) is 0 Å². The van der Waals surface area contributed by atoms with Gasteiger partial charge in [-0.05, 0) is 43.6 Å². The van der Waals surface area contributed by atoms with Crippen LogP contribution in [0.1, 0.15) is 30.5 Å². The first-order chi connectivity index (χ1) is 11.8. The molecule has 136 valence electrons. The number of carbonyl (C=O) groups is 1. The van der Waals surface area contributed by atoms with Crippen LogP contribution in [-0.4, -0.2) is 51.9 Å². The molecular weight excluding hydrogens is 323 g/mol. The fourth-order valence-corrected chi connectivity index (χ4v) is 3.97. The molecule has 1 aromatic heterocycles. The van der Waals surface area contributed by atoms with Gasteiger partial charge in [-0.15, -0.1) is 0 Å². The van der Waals surface area contributed by atoms with Crippen molar-refractivity contribution in [2.24, 2.45) is 11.7 Å². The van der Waals surface area contributed by atoms with Gasteiger partial charge in [0.05, 0.1) is 5.69 Å². The van der Waals surface area contributed by atoms with Gasteiger partial charge in [0.1, 0.15) is 5.54 Å². The molecule has 0 amide bonds. The maximum absolute atomic E-state index is 11.8. The van der Waals surface area contributed by atoms with Gasteiger partial charge in [0.2, 0.25) is 0 Å². The molecule has 2 atom stereocenters. The summed E-state index contributed by atoms with van der Waals surface area (Å²) in [7, 11) is -1.39. The molecule has 7 N–H and O–H groups in total. The van der Waals surface area contributed by atoms with Crippen molar-refractivity contribution in [1.29, 1.82) is 0 Å². The van der Waals surface area contributed by atoms with E-state index in [4.69, 9.17) is 21.5 Å². The topological polar surface area (TPSA) is 146 Å². The maximum atomic E-state index is 11.8. The normalized spacial score (nSPS) is 25.2. The number of aliphatic carboxylic acids is 1. The van der Waals surface area contributed by atoms with Crippen molar-refractivity contribution in [2.45, 2.75) is 44.0 Å². The molecule has 8 nitrogen and oxygen atoms in total. The summed E-state index contributed by atoms with van der Waals surface area (Å²) < 4.78 is 0. The van der Waals surface area contributed by atoms with Gasteiger partial charge in [-0.2, -0.15) is 0 Å². The van der Waals surface area contributed by atoms with Crippen molar-refractivity contribution < 1.29 is 19.9 Å². The zero-order valence-electron chi connectivity index (χ0n) is 14.2. The molecule has 1 fully saturated rings. The average molecular weight is 348 g/mol. The van der Waals surface area contributed by atoms with Gasteiger partial charge in [-0.1, -0.05) is 6.42 Å². The van der Waals surface area contributed by atoms with Crippen molar-refractivity contribution in [3.8, 4) is 0 Å². The second-order valence-corrected chi connectivity index (χ2v) is 7.20. The molecule has 9 heteroatoms. The molecule has 2 heterocycles. The lowest BCUT2D eigenvalue weighted by Crippen LogP contribution is -2.54. The Labute approximate surface area is 147 Å². The van der Waals surface area contributed by atoms with E-state index in [-0.39, 0.29) is 18.8 Å². The fraction of sp³-hybridized carbons (Fsp3) is 0.625. The Bertz CT molecular complexity index is 672. The molecule has 1 aliphatic carbocycles. The van der Waals surface area contributed by atoms with E-state index in [1.54, 1.807) is 0 Å². The lowest BCUT2D eigenvalue weighted by molar-refractivity contribution is -0.144. The Morgan fingerprint density at radius 2 is 2.20 bits per heavy atom. The first kappa shape index (κ1) is 18.0. The Morgan fingerprint density at radius 3 is 2.88 bits per heavy atom. The van der Waals surface area contributed by atoms with E-state index in [9.17, 15) is 9.90 Å². The predicted molar refractivity (Wildman–Crippen MR) is 95.2 cm³/mol. The molecule has 1 aromatic rings. The van der Waals surface area contributed by atoms with E-state index in [0.29, 0.717) is 30.9 Å². The highest BCUT2D eigenvalue weighted by atomic mass is 16.4. The summed E-state index contributed by atoms with van der Waals surface area (Å²) in [6, 6.07) is 1.94. The summed E-state index contributed by atoms with van der Waals surface area (Å²) in [6.07, 6.45) is 4.16. The number of nitrogen functional groups attached to an aromatic ring is 1. The minimum Gasteiger partial charge on any atom is -0.480 e. The van der Waals surface area contributed by atoms with E-state index < -0.39 is 18.6 Å². The zero-order chi connectivity index (χ0) is 18.2. The molecule has 2 aliphatic rings. The number of carboxylic acid groups (broad SMARTS) is 1. The first-order valence-corrected chi connectivity index (χ1v) is 8.73. The standard InChI is InChI=1S/C16H25BN4O4/c18-12-7-10-3-1-5-13(10)20-14(12)21-8-11(4-2-6-17(24)25)16(19,9-21)15(22)23/h7,11,24-25H,1-6,8-9,18-19H2,(H,22,23)/t11-,16-/m0/s1. The molecule has 1 saturated heterocycles. The Kier molecular flexibility index (Phi) is 4.90. The van der Waals surface area contributed by atoms with Crippen molar-refractivity contribution in [3.05, 3.63) is 17.3 Å². The molecule has 0 aromatic carbocycles. The van der Waals surface area contributed by atoms with Crippen LogP contribution in [0.15, 0.2) is 6.07 Å². The summed E-state index contributed by atoms with van der Waals surface area (Å²) >= 11 is 0. The van der Waals surface area contributed by atoms with Crippen LogP contribution in [0, 0.1) is 5.92 Å². The summed E-state index contributed by atoms with van der Waals surface area (Å²) in [6.45, 7) is 0.588. The number of fused-ring (bicyclic) bond motifs is 1. The van der Waals surface area contributed by atoms with E-state index >= 15 is 0 Å². The van der Waals surface area contributed by atoms with E-state index in [0.717, 1.165) is 25.0 Å². The van der Waals surface area contributed by atoms with Crippen LogP contribution in [0.5, 0.6) is 0 Å². The molecule has 0 saturated carbocycles. The highest BCUT2D eigenvalue weighted by Crippen LogP contribution is 2.36. The van der Waals surface area contributed by atoms with Crippen LogP contribution in [0.2, 0.25) is 6.32 Å². The fourth-order valence-electron chi connectivity index (χ4n) is 3.97. The zero-order valence-corrected chi connectivity index (χ0v) is 14.2. The van der Waals surface area contributed by atoms with Gasteiger partial charge in [-0.25, -0.2) is 4.98 Å². The highest BCUT2D eigenvalue weighted by molar-refractivity contribution is 6.40. The molecule has 0 bridgehead atoms.